The number of rotatable bonds is 6. The Hall–Kier alpha value is -1.26. The molecule has 0 aromatic heterocycles. The van der Waals surface area contributed by atoms with Crippen molar-refractivity contribution in [1.29, 1.82) is 0 Å². The minimum Gasteiger partial charge on any atom is -0.389 e. The lowest BCUT2D eigenvalue weighted by molar-refractivity contribution is -0.0449. The second kappa shape index (κ2) is 6.78. The number of hydrogen-bond donors (Lipinski definition) is 2. The average Bonchev–Trinajstić information content (AvgIpc) is 2.33. The quantitative estimate of drug-likeness (QED) is 0.829. The Morgan fingerprint density at radius 3 is 2.47 bits per heavy atom. The van der Waals surface area contributed by atoms with Crippen LogP contribution in [0.4, 0.5) is 11.4 Å². The molecular formula is C15H26N2O2. The van der Waals surface area contributed by atoms with Crippen LogP contribution in [0.2, 0.25) is 0 Å². The van der Waals surface area contributed by atoms with Crippen molar-refractivity contribution in [1.82, 2.24) is 0 Å². The van der Waals surface area contributed by atoms with Crippen LogP contribution in [0.25, 0.3) is 0 Å². The van der Waals surface area contributed by atoms with Crippen LogP contribution in [0, 0.1) is 0 Å². The van der Waals surface area contributed by atoms with Crippen molar-refractivity contribution in [2.45, 2.75) is 32.5 Å². The van der Waals surface area contributed by atoms with Gasteiger partial charge in [-0.3, -0.25) is 0 Å². The smallest absolute Gasteiger partial charge is 0.0945 e. The minimum absolute atomic E-state index is 0.220. The molecule has 19 heavy (non-hydrogen) atoms. The van der Waals surface area contributed by atoms with E-state index in [2.05, 4.69) is 5.32 Å². The lowest BCUT2D eigenvalue weighted by atomic mass is 10.2. The Labute approximate surface area is 116 Å². The van der Waals surface area contributed by atoms with Gasteiger partial charge in [0.15, 0.2) is 0 Å². The van der Waals surface area contributed by atoms with E-state index in [4.69, 9.17) is 4.74 Å². The molecule has 1 atom stereocenters. The lowest BCUT2D eigenvalue weighted by Gasteiger charge is -2.23. The predicted octanol–water partition coefficient (Wildman–Crippen LogP) is 2.34. The first-order chi connectivity index (χ1) is 8.79. The third-order valence-electron chi connectivity index (χ3n) is 2.62. The summed E-state index contributed by atoms with van der Waals surface area (Å²) >= 11 is 0. The van der Waals surface area contributed by atoms with Crippen LogP contribution < -0.4 is 10.2 Å². The maximum absolute atomic E-state index is 9.90. The molecule has 4 heteroatoms. The highest BCUT2D eigenvalue weighted by Gasteiger charge is 2.14. The molecule has 1 rings (SSSR count). The third-order valence-corrected chi connectivity index (χ3v) is 2.62. The summed E-state index contributed by atoms with van der Waals surface area (Å²) in [6.45, 7) is 6.75. The normalized spacial score (nSPS) is 13.2. The number of benzene rings is 1. The SMILES string of the molecule is CN(C)c1ccccc1NCC(O)COC(C)(C)C. The molecule has 0 aliphatic carbocycles. The molecule has 1 aromatic rings. The molecule has 0 fully saturated rings. The fourth-order valence-corrected chi connectivity index (χ4v) is 1.65. The molecule has 0 aliphatic rings. The highest BCUT2D eigenvalue weighted by Crippen LogP contribution is 2.23. The van der Waals surface area contributed by atoms with Crippen LogP contribution in [-0.2, 0) is 4.74 Å². The largest absolute Gasteiger partial charge is 0.389 e. The van der Waals surface area contributed by atoms with Gasteiger partial charge in [0.25, 0.3) is 0 Å². The lowest BCUT2D eigenvalue weighted by Crippen LogP contribution is -2.30. The van der Waals surface area contributed by atoms with E-state index in [1.807, 2.05) is 64.0 Å². The predicted molar refractivity (Wildman–Crippen MR) is 81.0 cm³/mol. The number of aliphatic hydroxyl groups is 1. The van der Waals surface area contributed by atoms with E-state index in [9.17, 15) is 5.11 Å². The first kappa shape index (κ1) is 15.8. The highest BCUT2D eigenvalue weighted by atomic mass is 16.5. The summed E-state index contributed by atoms with van der Waals surface area (Å²) in [6, 6.07) is 8.03. The zero-order valence-electron chi connectivity index (χ0n) is 12.6. The van der Waals surface area contributed by atoms with Crippen molar-refractivity contribution in [2.24, 2.45) is 0 Å². The van der Waals surface area contributed by atoms with Gasteiger partial charge in [0.1, 0.15) is 0 Å². The number of ether oxygens (including phenoxy) is 1. The zero-order chi connectivity index (χ0) is 14.5. The van der Waals surface area contributed by atoms with Gasteiger partial charge in [-0.05, 0) is 32.9 Å². The van der Waals surface area contributed by atoms with Gasteiger partial charge in [-0.15, -0.1) is 0 Å². The van der Waals surface area contributed by atoms with Gasteiger partial charge in [-0.2, -0.15) is 0 Å². The standard InChI is InChI=1S/C15H26N2O2/c1-15(2,3)19-11-12(18)10-16-13-8-6-7-9-14(13)17(4)5/h6-9,12,16,18H,10-11H2,1-5H3. The number of aliphatic hydroxyl groups excluding tert-OH is 1. The van der Waals surface area contributed by atoms with E-state index in [0.29, 0.717) is 13.2 Å². The van der Waals surface area contributed by atoms with Gasteiger partial charge < -0.3 is 20.1 Å². The zero-order valence-corrected chi connectivity index (χ0v) is 12.6. The van der Waals surface area contributed by atoms with Gasteiger partial charge in [-0.1, -0.05) is 12.1 Å². The molecule has 1 aromatic carbocycles. The summed E-state index contributed by atoms with van der Waals surface area (Å²) < 4.78 is 5.56. The van der Waals surface area contributed by atoms with Crippen LogP contribution in [0.5, 0.6) is 0 Å². The molecule has 0 radical (unpaired) electrons. The monoisotopic (exact) mass is 266 g/mol. The number of para-hydroxylation sites is 2. The molecule has 0 aliphatic heterocycles. The van der Waals surface area contributed by atoms with E-state index >= 15 is 0 Å². The van der Waals surface area contributed by atoms with Crippen LogP contribution in [0.15, 0.2) is 24.3 Å². The van der Waals surface area contributed by atoms with Crippen molar-refractivity contribution < 1.29 is 9.84 Å². The molecule has 0 bridgehead atoms. The van der Waals surface area contributed by atoms with Crippen LogP contribution >= 0.6 is 0 Å². The van der Waals surface area contributed by atoms with E-state index < -0.39 is 6.10 Å². The van der Waals surface area contributed by atoms with Crippen molar-refractivity contribution in [3.05, 3.63) is 24.3 Å². The van der Waals surface area contributed by atoms with Crippen molar-refractivity contribution in [3.63, 3.8) is 0 Å². The molecule has 2 N–H and O–H groups in total. The van der Waals surface area contributed by atoms with Crippen molar-refractivity contribution >= 4 is 11.4 Å². The van der Waals surface area contributed by atoms with E-state index in [0.717, 1.165) is 11.4 Å². The second-order valence-electron chi connectivity index (χ2n) is 5.87. The van der Waals surface area contributed by atoms with E-state index in [1.54, 1.807) is 0 Å². The average molecular weight is 266 g/mol. The van der Waals surface area contributed by atoms with Crippen LogP contribution in [-0.4, -0.2) is 44.1 Å². The van der Waals surface area contributed by atoms with Gasteiger partial charge in [0, 0.05) is 20.6 Å². The van der Waals surface area contributed by atoms with E-state index in [-0.39, 0.29) is 5.60 Å². The fraction of sp³-hybridized carbons (Fsp3) is 0.600. The molecule has 4 nitrogen and oxygen atoms in total. The van der Waals surface area contributed by atoms with Gasteiger partial charge in [-0.25, -0.2) is 0 Å². The maximum atomic E-state index is 9.90. The topological polar surface area (TPSA) is 44.7 Å². The first-order valence-electron chi connectivity index (χ1n) is 6.62. The van der Waals surface area contributed by atoms with Crippen LogP contribution in [0.1, 0.15) is 20.8 Å². The Balaban J connectivity index is 2.48. The molecule has 0 spiro atoms. The summed E-state index contributed by atoms with van der Waals surface area (Å²) in [5, 5.41) is 13.2. The van der Waals surface area contributed by atoms with Crippen LogP contribution in [0.3, 0.4) is 0 Å². The number of anilines is 2. The Kier molecular flexibility index (Phi) is 5.63. The summed E-state index contributed by atoms with van der Waals surface area (Å²) in [5.74, 6) is 0. The molecular weight excluding hydrogens is 240 g/mol. The number of nitrogens with zero attached hydrogens (tertiary/aromatic N) is 1. The molecule has 0 saturated carbocycles. The summed E-state index contributed by atoms with van der Waals surface area (Å²) in [6.07, 6.45) is -0.519. The Bertz CT molecular complexity index is 386. The second-order valence-corrected chi connectivity index (χ2v) is 5.87. The summed E-state index contributed by atoms with van der Waals surface area (Å²) in [5.41, 5.74) is 1.90. The molecule has 108 valence electrons. The molecule has 1 unspecified atom stereocenters. The Morgan fingerprint density at radius 1 is 1.26 bits per heavy atom. The molecule has 0 saturated heterocycles. The van der Waals surface area contributed by atoms with Gasteiger partial charge >= 0.3 is 0 Å². The van der Waals surface area contributed by atoms with Gasteiger partial charge in [0.2, 0.25) is 0 Å². The first-order valence-corrected chi connectivity index (χ1v) is 6.62. The summed E-state index contributed by atoms with van der Waals surface area (Å²) in [4.78, 5) is 2.04. The van der Waals surface area contributed by atoms with E-state index in [1.165, 1.54) is 0 Å². The number of nitrogens with one attached hydrogen (secondary N) is 1. The van der Waals surface area contributed by atoms with Crippen molar-refractivity contribution in [3.8, 4) is 0 Å². The molecule has 0 amide bonds. The highest BCUT2D eigenvalue weighted by molar-refractivity contribution is 5.69. The fourth-order valence-electron chi connectivity index (χ4n) is 1.65. The number of hydrogen-bond acceptors (Lipinski definition) is 4. The molecule has 0 heterocycles. The third kappa shape index (κ3) is 5.94. The van der Waals surface area contributed by atoms with Crippen molar-refractivity contribution in [2.75, 3.05) is 37.5 Å². The Morgan fingerprint density at radius 2 is 1.89 bits per heavy atom. The van der Waals surface area contributed by atoms with Gasteiger partial charge in [0.05, 0.1) is 29.7 Å². The maximum Gasteiger partial charge on any atom is 0.0945 e. The summed E-state index contributed by atoms with van der Waals surface area (Å²) in [7, 11) is 4.00. The minimum atomic E-state index is -0.519.